The fourth-order valence-electron chi connectivity index (χ4n) is 4.06. The van der Waals surface area contributed by atoms with Crippen molar-refractivity contribution < 1.29 is 9.31 Å². The monoisotopic (exact) mass is 414 g/mol. The summed E-state index contributed by atoms with van der Waals surface area (Å²) in [6, 6.07) is 18.8. The number of para-hydroxylation sites is 1. The Morgan fingerprint density at radius 1 is 1.00 bits per heavy atom. The second-order valence-electron chi connectivity index (χ2n) is 9.11. The highest BCUT2D eigenvalue weighted by molar-refractivity contribution is 6.62. The number of amidine groups is 1. The lowest BCUT2D eigenvalue weighted by Crippen LogP contribution is -2.41. The third kappa shape index (κ3) is 3.88. The van der Waals surface area contributed by atoms with Crippen LogP contribution in [0.4, 0.5) is 5.69 Å². The Hall–Kier alpha value is -2.63. The average Bonchev–Trinajstić information content (AvgIpc) is 3.22. The van der Waals surface area contributed by atoms with E-state index < -0.39 is 7.12 Å². The van der Waals surface area contributed by atoms with Crippen LogP contribution in [0.25, 0.3) is 0 Å². The summed E-state index contributed by atoms with van der Waals surface area (Å²) in [6.45, 7) is 14.4. The zero-order chi connectivity index (χ0) is 22.2. The van der Waals surface area contributed by atoms with Crippen molar-refractivity contribution in [3.63, 3.8) is 0 Å². The number of rotatable bonds is 5. The molecule has 1 saturated heterocycles. The highest BCUT2D eigenvalue weighted by atomic mass is 16.7. The van der Waals surface area contributed by atoms with Gasteiger partial charge in [-0.3, -0.25) is 4.99 Å². The molecule has 2 aromatic rings. The second kappa shape index (κ2) is 8.14. The molecule has 0 N–H and O–H groups in total. The van der Waals surface area contributed by atoms with Gasteiger partial charge < -0.3 is 14.2 Å². The zero-order valence-electron chi connectivity index (χ0n) is 19.1. The summed E-state index contributed by atoms with van der Waals surface area (Å²) in [4.78, 5) is 7.34. The van der Waals surface area contributed by atoms with Gasteiger partial charge in [0.05, 0.1) is 23.3 Å². The molecule has 2 aliphatic heterocycles. The lowest BCUT2D eigenvalue weighted by atomic mass is 9.78. The van der Waals surface area contributed by atoms with Crippen molar-refractivity contribution in [2.45, 2.75) is 57.9 Å². The number of nitrogens with zero attached hydrogens (tertiary/aromatic N) is 2. The van der Waals surface area contributed by atoms with Gasteiger partial charge in [0.15, 0.2) is 0 Å². The van der Waals surface area contributed by atoms with Crippen LogP contribution < -0.4 is 10.4 Å². The predicted octanol–water partition coefficient (Wildman–Crippen LogP) is 4.75. The highest BCUT2D eigenvalue weighted by Crippen LogP contribution is 2.36. The van der Waals surface area contributed by atoms with Gasteiger partial charge in [-0.1, -0.05) is 60.7 Å². The minimum absolute atomic E-state index is 0.0214. The molecular weight excluding hydrogens is 383 g/mol. The molecule has 0 bridgehead atoms. The van der Waals surface area contributed by atoms with Crippen molar-refractivity contribution in [2.75, 3.05) is 4.90 Å². The summed E-state index contributed by atoms with van der Waals surface area (Å²) in [6.07, 6.45) is 6.19. The van der Waals surface area contributed by atoms with Crippen LogP contribution in [0.5, 0.6) is 0 Å². The molecule has 0 aromatic heterocycles. The number of allylic oxidation sites excluding steroid dienone is 1. The largest absolute Gasteiger partial charge is 0.494 e. The van der Waals surface area contributed by atoms with E-state index in [-0.39, 0.29) is 23.3 Å². The number of benzene rings is 2. The quantitative estimate of drug-likeness (QED) is 0.523. The van der Waals surface area contributed by atoms with Gasteiger partial charge in [0.1, 0.15) is 5.84 Å². The number of hydrogen-bond donors (Lipinski definition) is 0. The van der Waals surface area contributed by atoms with Gasteiger partial charge in [-0.05, 0) is 52.2 Å². The van der Waals surface area contributed by atoms with Gasteiger partial charge in [0, 0.05) is 11.3 Å². The Labute approximate surface area is 186 Å². The lowest BCUT2D eigenvalue weighted by Gasteiger charge is -2.32. The first-order valence-corrected chi connectivity index (χ1v) is 10.9. The van der Waals surface area contributed by atoms with Crippen molar-refractivity contribution in [2.24, 2.45) is 4.99 Å². The standard InChI is InChI=1S/C26H31BN2O2/c1-7-13-23-22(8-2)28-24(29(23)21-16-10-9-11-17-21)19-14-12-15-20(18-19)27-30-25(3,4)26(5,6)31-27/h7-18,22-23H,2H2,1,3-6H3/b13-7-. The molecule has 4 nitrogen and oxygen atoms in total. The van der Waals surface area contributed by atoms with E-state index in [9.17, 15) is 0 Å². The third-order valence-corrected chi connectivity index (χ3v) is 6.48. The van der Waals surface area contributed by atoms with Gasteiger partial charge in [-0.15, -0.1) is 6.58 Å². The van der Waals surface area contributed by atoms with Crippen LogP contribution in [-0.2, 0) is 9.31 Å². The van der Waals surface area contributed by atoms with Crippen LogP contribution >= 0.6 is 0 Å². The maximum Gasteiger partial charge on any atom is 0.494 e. The zero-order valence-corrected chi connectivity index (χ0v) is 19.1. The molecule has 31 heavy (non-hydrogen) atoms. The van der Waals surface area contributed by atoms with Crippen LogP contribution in [0.1, 0.15) is 40.2 Å². The van der Waals surface area contributed by atoms with Crippen molar-refractivity contribution in [1.29, 1.82) is 0 Å². The van der Waals surface area contributed by atoms with Gasteiger partial charge in [-0.25, -0.2) is 0 Å². The van der Waals surface area contributed by atoms with Crippen LogP contribution in [-0.4, -0.2) is 36.2 Å². The van der Waals surface area contributed by atoms with Crippen molar-refractivity contribution in [3.05, 3.63) is 85.0 Å². The van der Waals surface area contributed by atoms with E-state index in [2.05, 4.69) is 93.8 Å². The summed E-state index contributed by atoms with van der Waals surface area (Å²) in [7, 11) is -0.404. The topological polar surface area (TPSA) is 34.1 Å². The minimum Gasteiger partial charge on any atom is -0.399 e. The Balaban J connectivity index is 1.74. The van der Waals surface area contributed by atoms with E-state index >= 15 is 0 Å². The second-order valence-corrected chi connectivity index (χ2v) is 9.11. The summed E-state index contributed by atoms with van der Waals surface area (Å²) < 4.78 is 12.6. The van der Waals surface area contributed by atoms with Gasteiger partial charge in [0.2, 0.25) is 0 Å². The van der Waals surface area contributed by atoms with Gasteiger partial charge in [0.25, 0.3) is 0 Å². The molecule has 1 fully saturated rings. The number of hydrogen-bond acceptors (Lipinski definition) is 4. The maximum atomic E-state index is 6.28. The summed E-state index contributed by atoms with van der Waals surface area (Å²) in [5.41, 5.74) is 2.39. The van der Waals surface area contributed by atoms with E-state index in [1.54, 1.807) is 0 Å². The number of aliphatic imine (C=N–C) groups is 1. The fraction of sp³-hybridized carbons (Fsp3) is 0.346. The normalized spacial score (nSPS) is 24.6. The maximum absolute atomic E-state index is 6.28. The molecule has 0 aliphatic carbocycles. The van der Waals surface area contributed by atoms with Gasteiger partial charge >= 0.3 is 7.12 Å². The lowest BCUT2D eigenvalue weighted by molar-refractivity contribution is 0.00578. The average molecular weight is 414 g/mol. The Bertz CT molecular complexity index is 997. The van der Waals surface area contributed by atoms with E-state index in [0.717, 1.165) is 22.5 Å². The molecule has 2 unspecified atom stereocenters. The summed E-state index contributed by atoms with van der Waals surface area (Å²) in [5.74, 6) is 0.928. The molecule has 5 heteroatoms. The highest BCUT2D eigenvalue weighted by Gasteiger charge is 2.51. The first kappa shape index (κ1) is 21.6. The van der Waals surface area contributed by atoms with Crippen LogP contribution in [0, 0.1) is 0 Å². The molecule has 4 rings (SSSR count). The molecule has 2 aliphatic rings. The Kier molecular flexibility index (Phi) is 5.67. The molecule has 0 amide bonds. The molecule has 0 spiro atoms. The molecule has 2 aromatic carbocycles. The first-order chi connectivity index (χ1) is 14.8. The summed E-state index contributed by atoms with van der Waals surface area (Å²) >= 11 is 0. The first-order valence-electron chi connectivity index (χ1n) is 10.9. The van der Waals surface area contributed by atoms with Gasteiger partial charge in [-0.2, -0.15) is 0 Å². The smallest absolute Gasteiger partial charge is 0.399 e. The van der Waals surface area contributed by atoms with E-state index in [1.165, 1.54) is 0 Å². The SMILES string of the molecule is C=CC1N=C(c2cccc(B3OC(C)(C)C(C)(C)O3)c2)N(c2ccccc2)C1/C=C\C. The van der Waals surface area contributed by atoms with Crippen LogP contribution in [0.15, 0.2) is 84.4 Å². The number of anilines is 1. The summed E-state index contributed by atoms with van der Waals surface area (Å²) in [5, 5.41) is 0. The van der Waals surface area contributed by atoms with E-state index in [4.69, 9.17) is 14.3 Å². The molecule has 0 saturated carbocycles. The molecule has 2 heterocycles. The predicted molar refractivity (Wildman–Crippen MR) is 130 cm³/mol. The molecular formula is C26H31BN2O2. The van der Waals surface area contributed by atoms with Crippen LogP contribution in [0.2, 0.25) is 0 Å². The minimum atomic E-state index is -0.404. The molecule has 160 valence electrons. The molecule has 0 radical (unpaired) electrons. The van der Waals surface area contributed by atoms with Crippen LogP contribution in [0.3, 0.4) is 0 Å². The Morgan fingerprint density at radius 3 is 2.29 bits per heavy atom. The Morgan fingerprint density at radius 2 is 1.68 bits per heavy atom. The van der Waals surface area contributed by atoms with Crippen molar-refractivity contribution in [1.82, 2.24) is 0 Å². The van der Waals surface area contributed by atoms with Crippen molar-refractivity contribution >= 4 is 24.1 Å². The van der Waals surface area contributed by atoms with E-state index in [1.807, 2.05) is 25.1 Å². The van der Waals surface area contributed by atoms with Crippen molar-refractivity contribution in [3.8, 4) is 0 Å². The molecule has 2 atom stereocenters. The van der Waals surface area contributed by atoms with E-state index in [0.29, 0.717) is 0 Å². The third-order valence-electron chi connectivity index (χ3n) is 6.48. The fourth-order valence-corrected chi connectivity index (χ4v) is 4.06.